The van der Waals surface area contributed by atoms with Gasteiger partial charge in [0.25, 0.3) is 0 Å². The van der Waals surface area contributed by atoms with Crippen LogP contribution in [0, 0.1) is 26.2 Å². The van der Waals surface area contributed by atoms with E-state index in [2.05, 4.69) is 10.9 Å². The van der Waals surface area contributed by atoms with Gasteiger partial charge in [0.1, 0.15) is 0 Å². The Morgan fingerprint density at radius 2 is 2.22 bits per heavy atom. The van der Waals surface area contributed by atoms with E-state index in [9.17, 15) is 0 Å². The van der Waals surface area contributed by atoms with Gasteiger partial charge in [-0.05, 0) is 13.8 Å². The molecule has 0 N–H and O–H groups in total. The maximum absolute atomic E-state index is 5.18. The molecule has 0 radical (unpaired) electrons. The Morgan fingerprint density at radius 3 is 2.44 bits per heavy atom. The number of terminal acetylenes is 1. The number of hydrogen-bond donors (Lipinski definition) is 0. The molecule has 1 aromatic rings. The zero-order valence-electron chi connectivity index (χ0n) is 5.43. The molecule has 0 amide bonds. The summed E-state index contributed by atoms with van der Waals surface area (Å²) in [6, 6.07) is 0. The molecule has 0 saturated carbocycles. The Hall–Kier alpha value is -0.810. The molecule has 0 aromatic carbocycles. The Kier molecular flexibility index (Phi) is 1.54. The second-order valence-electron chi connectivity index (χ2n) is 1.79. The van der Waals surface area contributed by atoms with E-state index < -0.39 is 0 Å². The molecular weight excluding hydrogens is 130 g/mol. The quantitative estimate of drug-likeness (QED) is 0.496. The van der Waals surface area contributed by atoms with Gasteiger partial charge in [0.05, 0.1) is 15.6 Å². The van der Waals surface area contributed by atoms with Gasteiger partial charge < -0.3 is 0 Å². The summed E-state index contributed by atoms with van der Waals surface area (Å²) in [5.74, 6) is 2.57. The third kappa shape index (κ3) is 1.11. The van der Waals surface area contributed by atoms with E-state index in [1.807, 2.05) is 13.8 Å². The van der Waals surface area contributed by atoms with Crippen molar-refractivity contribution in [2.24, 2.45) is 0 Å². The van der Waals surface area contributed by atoms with Crippen molar-refractivity contribution in [2.75, 3.05) is 0 Å². The number of rotatable bonds is 0. The van der Waals surface area contributed by atoms with Crippen LogP contribution in [0.25, 0.3) is 0 Å². The molecule has 0 aliphatic rings. The van der Waals surface area contributed by atoms with Crippen LogP contribution in [0.4, 0.5) is 0 Å². The molecule has 0 aliphatic carbocycles. The minimum atomic E-state index is 0.951. The first-order valence-corrected chi connectivity index (χ1v) is 3.46. The topological polar surface area (TPSA) is 12.9 Å². The molecule has 0 unspecified atom stereocenters. The second kappa shape index (κ2) is 2.20. The van der Waals surface area contributed by atoms with Crippen LogP contribution < -0.4 is 0 Å². The predicted octanol–water partition coefficient (Wildman–Crippen LogP) is 1.74. The predicted molar refractivity (Wildman–Crippen MR) is 39.5 cm³/mol. The van der Waals surface area contributed by atoms with E-state index in [0.717, 1.165) is 15.6 Å². The molecule has 0 saturated heterocycles. The molecule has 0 fully saturated rings. The summed E-state index contributed by atoms with van der Waals surface area (Å²) >= 11 is 1.57. The normalized spacial score (nSPS) is 9.00. The van der Waals surface area contributed by atoms with Gasteiger partial charge >= 0.3 is 0 Å². The summed E-state index contributed by atoms with van der Waals surface area (Å²) in [7, 11) is 0. The van der Waals surface area contributed by atoms with Crippen molar-refractivity contribution >= 4 is 11.3 Å². The highest BCUT2D eigenvalue weighted by molar-refractivity contribution is 7.12. The summed E-state index contributed by atoms with van der Waals surface area (Å²) in [4.78, 5) is 5.11. The number of hydrogen-bond acceptors (Lipinski definition) is 2. The van der Waals surface area contributed by atoms with Gasteiger partial charge in [-0.3, -0.25) is 0 Å². The first kappa shape index (κ1) is 6.31. The molecule has 0 spiro atoms. The summed E-state index contributed by atoms with van der Waals surface area (Å²) in [6.45, 7) is 3.89. The molecule has 0 aliphatic heterocycles. The first-order valence-electron chi connectivity index (χ1n) is 2.64. The molecule has 0 atom stereocenters. The van der Waals surface area contributed by atoms with Crippen LogP contribution in [0.2, 0.25) is 0 Å². The Balaban J connectivity index is 3.20. The van der Waals surface area contributed by atoms with Crippen molar-refractivity contribution in [3.8, 4) is 12.3 Å². The van der Waals surface area contributed by atoms with Crippen LogP contribution in [0.1, 0.15) is 15.6 Å². The summed E-state index contributed by atoms with van der Waals surface area (Å²) < 4.78 is 0. The van der Waals surface area contributed by atoms with E-state index in [1.54, 1.807) is 11.3 Å². The molecule has 1 heterocycles. The minimum absolute atomic E-state index is 0.951. The molecular formula is C7H7NS. The van der Waals surface area contributed by atoms with Gasteiger partial charge in [-0.2, -0.15) is 0 Å². The highest BCUT2D eigenvalue weighted by atomic mass is 32.1. The lowest BCUT2D eigenvalue weighted by molar-refractivity contribution is 1.19. The Bertz CT molecular complexity index is 254. The van der Waals surface area contributed by atoms with Gasteiger partial charge in [-0.1, -0.05) is 5.92 Å². The maximum atomic E-state index is 5.18. The monoisotopic (exact) mass is 137 g/mol. The first-order chi connectivity index (χ1) is 4.24. The fourth-order valence-electron chi connectivity index (χ4n) is 0.665. The lowest BCUT2D eigenvalue weighted by Crippen LogP contribution is -1.72. The van der Waals surface area contributed by atoms with Gasteiger partial charge in [-0.15, -0.1) is 17.8 Å². The van der Waals surface area contributed by atoms with Crippen LogP contribution in [-0.4, -0.2) is 4.98 Å². The SMILES string of the molecule is C#Cc1sc(C)nc1C. The van der Waals surface area contributed by atoms with Crippen molar-refractivity contribution in [3.63, 3.8) is 0 Å². The van der Waals surface area contributed by atoms with E-state index in [4.69, 9.17) is 6.42 Å². The third-order valence-electron chi connectivity index (χ3n) is 1.03. The molecule has 1 aromatic heterocycles. The summed E-state index contributed by atoms with van der Waals surface area (Å²) in [5.41, 5.74) is 0.972. The minimum Gasteiger partial charge on any atom is -0.246 e. The van der Waals surface area contributed by atoms with Crippen LogP contribution >= 0.6 is 11.3 Å². The van der Waals surface area contributed by atoms with Gasteiger partial charge in [-0.25, -0.2) is 4.98 Å². The molecule has 2 heteroatoms. The summed E-state index contributed by atoms with van der Waals surface area (Å²) in [6.07, 6.45) is 5.18. The van der Waals surface area contributed by atoms with Crippen LogP contribution in [0.5, 0.6) is 0 Å². The number of nitrogens with zero attached hydrogens (tertiary/aromatic N) is 1. The van der Waals surface area contributed by atoms with Crippen molar-refractivity contribution in [1.29, 1.82) is 0 Å². The van der Waals surface area contributed by atoms with Crippen molar-refractivity contribution in [3.05, 3.63) is 15.6 Å². The third-order valence-corrected chi connectivity index (χ3v) is 2.04. The molecule has 1 rings (SSSR count). The zero-order valence-corrected chi connectivity index (χ0v) is 6.25. The van der Waals surface area contributed by atoms with Gasteiger partial charge in [0.2, 0.25) is 0 Å². The standard InChI is InChI=1S/C7H7NS/c1-4-7-5(2)8-6(3)9-7/h1H,2-3H3. The van der Waals surface area contributed by atoms with E-state index in [-0.39, 0.29) is 0 Å². The van der Waals surface area contributed by atoms with E-state index in [0.29, 0.717) is 0 Å². The van der Waals surface area contributed by atoms with E-state index in [1.165, 1.54) is 0 Å². The van der Waals surface area contributed by atoms with Crippen molar-refractivity contribution < 1.29 is 0 Å². The van der Waals surface area contributed by atoms with Crippen LogP contribution in [-0.2, 0) is 0 Å². The van der Waals surface area contributed by atoms with Crippen molar-refractivity contribution in [1.82, 2.24) is 4.98 Å². The lowest BCUT2D eigenvalue weighted by atomic mass is 10.4. The van der Waals surface area contributed by atoms with Gasteiger partial charge in [0.15, 0.2) is 0 Å². The van der Waals surface area contributed by atoms with Gasteiger partial charge in [0, 0.05) is 0 Å². The number of aryl methyl sites for hydroxylation is 2. The number of aromatic nitrogens is 1. The Labute approximate surface area is 58.8 Å². The largest absolute Gasteiger partial charge is 0.246 e. The smallest absolute Gasteiger partial charge is 0.0996 e. The van der Waals surface area contributed by atoms with Crippen LogP contribution in [0.15, 0.2) is 0 Å². The maximum Gasteiger partial charge on any atom is 0.0996 e. The Morgan fingerprint density at radius 1 is 1.56 bits per heavy atom. The van der Waals surface area contributed by atoms with Crippen LogP contribution in [0.3, 0.4) is 0 Å². The molecule has 1 nitrogen and oxygen atoms in total. The summed E-state index contributed by atoms with van der Waals surface area (Å²) in [5, 5.41) is 1.04. The fraction of sp³-hybridized carbons (Fsp3) is 0.286. The lowest BCUT2D eigenvalue weighted by Gasteiger charge is -1.77. The highest BCUT2D eigenvalue weighted by Gasteiger charge is 1.98. The van der Waals surface area contributed by atoms with E-state index >= 15 is 0 Å². The second-order valence-corrected chi connectivity index (χ2v) is 2.99. The molecule has 0 bridgehead atoms. The zero-order chi connectivity index (χ0) is 6.85. The molecule has 9 heavy (non-hydrogen) atoms. The molecule has 46 valence electrons. The number of thiazole rings is 1. The fourth-order valence-corrected chi connectivity index (χ4v) is 1.40. The van der Waals surface area contributed by atoms with Crippen molar-refractivity contribution in [2.45, 2.75) is 13.8 Å². The highest BCUT2D eigenvalue weighted by Crippen LogP contribution is 2.14. The average Bonchev–Trinajstić information content (AvgIpc) is 2.10. The average molecular weight is 137 g/mol.